The minimum atomic E-state index is -0.460. The fourth-order valence-electron chi connectivity index (χ4n) is 1.66. The van der Waals surface area contributed by atoms with Gasteiger partial charge in [0.2, 0.25) is 0 Å². The predicted octanol–water partition coefficient (Wildman–Crippen LogP) is 3.86. The minimum Gasteiger partial charge on any atom is -0.465 e. The van der Waals surface area contributed by atoms with Crippen molar-refractivity contribution in [2.24, 2.45) is 0 Å². The number of methoxy groups -OCH3 is 1. The molecule has 1 aromatic heterocycles. The molecule has 0 aliphatic heterocycles. The van der Waals surface area contributed by atoms with E-state index in [9.17, 15) is 9.59 Å². The summed E-state index contributed by atoms with van der Waals surface area (Å²) in [7, 11) is 1.31. The maximum atomic E-state index is 12.3. The Morgan fingerprint density at radius 2 is 2.05 bits per heavy atom. The molecule has 0 saturated carbocycles. The Labute approximate surface area is 128 Å². The first kappa shape index (κ1) is 14.7. The average Bonchev–Trinajstić information content (AvgIpc) is 2.88. The highest BCUT2D eigenvalue weighted by Gasteiger charge is 2.17. The Balaban J connectivity index is 2.26. The van der Waals surface area contributed by atoms with Crippen molar-refractivity contribution in [3.8, 4) is 0 Å². The molecule has 0 atom stereocenters. The number of esters is 1. The Morgan fingerprint density at radius 1 is 1.30 bits per heavy atom. The highest BCUT2D eigenvalue weighted by Crippen LogP contribution is 2.25. The van der Waals surface area contributed by atoms with E-state index in [1.54, 1.807) is 17.5 Å². The summed E-state index contributed by atoms with van der Waals surface area (Å²) < 4.78 is 5.38. The third-order valence-corrected chi connectivity index (χ3v) is 4.24. The second kappa shape index (κ2) is 6.19. The van der Waals surface area contributed by atoms with Crippen molar-refractivity contribution in [3.05, 3.63) is 50.1 Å². The van der Waals surface area contributed by atoms with E-state index >= 15 is 0 Å². The number of ether oxygens (including phenoxy) is 1. The van der Waals surface area contributed by atoms with Gasteiger partial charge < -0.3 is 10.1 Å². The van der Waals surface area contributed by atoms with E-state index in [2.05, 4.69) is 26.0 Å². The molecule has 0 fully saturated rings. The number of amides is 1. The third-order valence-electron chi connectivity index (χ3n) is 2.65. The fourth-order valence-corrected chi connectivity index (χ4v) is 2.85. The standard InChI is InChI=1S/C14H12BrNO3S/c1-8-3-4-10(15)9(7-8)13(17)16-11-5-6-20-12(11)14(18)19-2/h3-7H,1-2H3,(H,16,17). The van der Waals surface area contributed by atoms with Gasteiger partial charge in [0.25, 0.3) is 5.91 Å². The minimum absolute atomic E-state index is 0.274. The van der Waals surface area contributed by atoms with Crippen LogP contribution < -0.4 is 5.32 Å². The van der Waals surface area contributed by atoms with Gasteiger partial charge >= 0.3 is 5.97 Å². The predicted molar refractivity (Wildman–Crippen MR) is 82.5 cm³/mol. The van der Waals surface area contributed by atoms with Crippen molar-refractivity contribution in [1.29, 1.82) is 0 Å². The lowest BCUT2D eigenvalue weighted by molar-refractivity contribution is 0.0607. The van der Waals surface area contributed by atoms with E-state index in [1.807, 2.05) is 19.1 Å². The maximum absolute atomic E-state index is 12.3. The van der Waals surface area contributed by atoms with Crippen LogP contribution in [0.2, 0.25) is 0 Å². The van der Waals surface area contributed by atoms with Gasteiger partial charge in [0.1, 0.15) is 4.88 Å². The number of rotatable bonds is 3. The van der Waals surface area contributed by atoms with Gasteiger partial charge in [0.15, 0.2) is 0 Å². The third kappa shape index (κ3) is 3.08. The average molecular weight is 354 g/mol. The normalized spacial score (nSPS) is 10.2. The summed E-state index contributed by atoms with van der Waals surface area (Å²) >= 11 is 4.57. The molecule has 2 aromatic rings. The first-order valence-corrected chi connectivity index (χ1v) is 7.43. The number of benzene rings is 1. The molecule has 1 amide bonds. The van der Waals surface area contributed by atoms with Gasteiger partial charge in [0, 0.05) is 4.47 Å². The molecule has 0 spiro atoms. The van der Waals surface area contributed by atoms with E-state index in [4.69, 9.17) is 0 Å². The molecule has 104 valence electrons. The first-order valence-electron chi connectivity index (χ1n) is 5.76. The second-order valence-electron chi connectivity index (χ2n) is 4.09. The number of anilines is 1. The molecular weight excluding hydrogens is 342 g/mol. The SMILES string of the molecule is COC(=O)c1sccc1NC(=O)c1cc(C)ccc1Br. The monoisotopic (exact) mass is 353 g/mol. The van der Waals surface area contributed by atoms with Crippen molar-refractivity contribution in [2.75, 3.05) is 12.4 Å². The van der Waals surface area contributed by atoms with Gasteiger partial charge in [-0.05, 0) is 46.4 Å². The number of hydrogen-bond donors (Lipinski definition) is 1. The van der Waals surface area contributed by atoms with E-state index in [0.29, 0.717) is 20.6 Å². The Morgan fingerprint density at radius 3 is 2.75 bits per heavy atom. The second-order valence-corrected chi connectivity index (χ2v) is 5.86. The molecule has 1 N–H and O–H groups in total. The molecular formula is C14H12BrNO3S. The van der Waals surface area contributed by atoms with Gasteiger partial charge in [0.05, 0.1) is 18.4 Å². The van der Waals surface area contributed by atoms with Crippen LogP contribution in [0.25, 0.3) is 0 Å². The van der Waals surface area contributed by atoms with Crippen LogP contribution in [-0.2, 0) is 4.74 Å². The van der Waals surface area contributed by atoms with Crippen LogP contribution in [0.4, 0.5) is 5.69 Å². The van der Waals surface area contributed by atoms with E-state index in [-0.39, 0.29) is 5.91 Å². The number of carbonyl (C=O) groups excluding carboxylic acids is 2. The van der Waals surface area contributed by atoms with Crippen molar-refractivity contribution in [1.82, 2.24) is 0 Å². The summed E-state index contributed by atoms with van der Waals surface area (Å²) in [5.41, 5.74) is 1.96. The molecule has 2 rings (SSSR count). The van der Waals surface area contributed by atoms with Crippen LogP contribution in [0, 0.1) is 6.92 Å². The molecule has 0 aliphatic carbocycles. The molecule has 0 aliphatic rings. The smallest absolute Gasteiger partial charge is 0.350 e. The summed E-state index contributed by atoms with van der Waals surface area (Å²) in [6, 6.07) is 7.19. The van der Waals surface area contributed by atoms with Gasteiger partial charge in [-0.3, -0.25) is 4.79 Å². The highest BCUT2D eigenvalue weighted by atomic mass is 79.9. The number of hydrogen-bond acceptors (Lipinski definition) is 4. The van der Waals surface area contributed by atoms with Gasteiger partial charge in [-0.25, -0.2) is 4.79 Å². The van der Waals surface area contributed by atoms with Crippen molar-refractivity contribution in [3.63, 3.8) is 0 Å². The Bertz CT molecular complexity index is 666. The van der Waals surface area contributed by atoms with Crippen LogP contribution in [0.5, 0.6) is 0 Å². The lowest BCUT2D eigenvalue weighted by atomic mass is 10.1. The zero-order chi connectivity index (χ0) is 14.7. The maximum Gasteiger partial charge on any atom is 0.350 e. The Kier molecular flexibility index (Phi) is 4.57. The molecule has 0 unspecified atom stereocenters. The lowest BCUT2D eigenvalue weighted by Crippen LogP contribution is -2.14. The number of halogens is 1. The van der Waals surface area contributed by atoms with Gasteiger partial charge in [-0.15, -0.1) is 11.3 Å². The molecule has 6 heteroatoms. The summed E-state index contributed by atoms with van der Waals surface area (Å²) in [5, 5.41) is 4.46. The lowest BCUT2D eigenvalue weighted by Gasteiger charge is -2.08. The largest absolute Gasteiger partial charge is 0.465 e. The molecule has 0 bridgehead atoms. The van der Waals surface area contributed by atoms with Crippen molar-refractivity contribution < 1.29 is 14.3 Å². The van der Waals surface area contributed by atoms with Gasteiger partial charge in [-0.2, -0.15) is 0 Å². The zero-order valence-corrected chi connectivity index (χ0v) is 13.3. The van der Waals surface area contributed by atoms with Crippen LogP contribution in [0.1, 0.15) is 25.6 Å². The van der Waals surface area contributed by atoms with Crippen LogP contribution in [0.3, 0.4) is 0 Å². The van der Waals surface area contributed by atoms with E-state index in [1.165, 1.54) is 18.4 Å². The first-order chi connectivity index (χ1) is 9.52. The molecule has 0 saturated heterocycles. The Hall–Kier alpha value is -1.66. The summed E-state index contributed by atoms with van der Waals surface area (Å²) in [6.07, 6.45) is 0. The zero-order valence-electron chi connectivity index (χ0n) is 10.9. The molecule has 1 heterocycles. The van der Waals surface area contributed by atoms with Gasteiger partial charge in [-0.1, -0.05) is 11.6 Å². The molecule has 1 aromatic carbocycles. The number of thiophene rings is 1. The van der Waals surface area contributed by atoms with Crippen LogP contribution >= 0.6 is 27.3 Å². The van der Waals surface area contributed by atoms with Crippen molar-refractivity contribution in [2.45, 2.75) is 6.92 Å². The summed E-state index contributed by atoms with van der Waals surface area (Å²) in [4.78, 5) is 24.2. The van der Waals surface area contributed by atoms with Crippen molar-refractivity contribution >= 4 is 44.8 Å². The number of carbonyl (C=O) groups is 2. The summed E-state index contributed by atoms with van der Waals surface area (Å²) in [5.74, 6) is -0.734. The molecule has 4 nitrogen and oxygen atoms in total. The molecule has 20 heavy (non-hydrogen) atoms. The fraction of sp³-hybridized carbons (Fsp3) is 0.143. The quantitative estimate of drug-likeness (QED) is 0.852. The van der Waals surface area contributed by atoms with Crippen LogP contribution in [0.15, 0.2) is 34.1 Å². The van der Waals surface area contributed by atoms with E-state index in [0.717, 1.165) is 5.56 Å². The molecule has 0 radical (unpaired) electrons. The summed E-state index contributed by atoms with van der Waals surface area (Å²) in [6.45, 7) is 1.91. The van der Waals surface area contributed by atoms with Crippen LogP contribution in [-0.4, -0.2) is 19.0 Å². The van der Waals surface area contributed by atoms with E-state index < -0.39 is 5.97 Å². The number of nitrogens with one attached hydrogen (secondary N) is 1. The topological polar surface area (TPSA) is 55.4 Å². The number of aryl methyl sites for hydroxylation is 1. The highest BCUT2D eigenvalue weighted by molar-refractivity contribution is 9.10.